The number of ether oxygens (including phenoxy) is 5. The molecule has 0 saturated heterocycles. The van der Waals surface area contributed by atoms with E-state index in [0.717, 1.165) is 20.8 Å². The Morgan fingerprint density at radius 3 is 2.16 bits per heavy atom. The van der Waals surface area contributed by atoms with E-state index in [1.165, 1.54) is 26.8 Å². The van der Waals surface area contributed by atoms with E-state index in [4.69, 9.17) is 23.7 Å². The monoisotopic (exact) mass is 538 g/mol. The quantitative estimate of drug-likeness (QED) is 0.279. The molecule has 2 fully saturated rings. The van der Waals surface area contributed by atoms with Crippen molar-refractivity contribution in [1.82, 2.24) is 0 Å². The molecule has 0 aromatic rings. The summed E-state index contributed by atoms with van der Waals surface area (Å²) >= 11 is 0. The molecule has 1 heterocycles. The molecule has 2 saturated carbocycles. The van der Waals surface area contributed by atoms with Crippen LogP contribution in [-0.2, 0) is 47.7 Å². The molecule has 2 N–H and O–H groups in total. The maximum absolute atomic E-state index is 13.4. The molecule has 12 nitrogen and oxygen atoms in total. The van der Waals surface area contributed by atoms with Crippen LogP contribution in [-0.4, -0.2) is 81.3 Å². The lowest BCUT2D eigenvalue weighted by Crippen LogP contribution is -2.82. The fraction of sp³-hybridized carbons (Fsp3) is 0.654. The summed E-state index contributed by atoms with van der Waals surface area (Å²) in [5.41, 5.74) is -8.53. The Kier molecular flexibility index (Phi) is 7.56. The van der Waals surface area contributed by atoms with Crippen LogP contribution >= 0.6 is 0 Å². The van der Waals surface area contributed by atoms with Gasteiger partial charge in [-0.1, -0.05) is 6.08 Å². The van der Waals surface area contributed by atoms with Crippen molar-refractivity contribution in [2.75, 3.05) is 6.61 Å². The minimum atomic E-state index is -2.37. The highest BCUT2D eigenvalue weighted by atomic mass is 16.6. The Balaban J connectivity index is 2.41. The van der Waals surface area contributed by atoms with Gasteiger partial charge in [0.25, 0.3) is 0 Å². The van der Waals surface area contributed by atoms with E-state index in [1.54, 1.807) is 6.92 Å². The van der Waals surface area contributed by atoms with Crippen molar-refractivity contribution in [3.8, 4) is 0 Å². The molecule has 38 heavy (non-hydrogen) atoms. The Hall–Kier alpha value is -3.25. The number of rotatable bonds is 6. The van der Waals surface area contributed by atoms with Gasteiger partial charge >= 0.3 is 29.8 Å². The van der Waals surface area contributed by atoms with Crippen LogP contribution in [0.5, 0.6) is 0 Å². The highest BCUT2D eigenvalue weighted by molar-refractivity contribution is 5.95. The van der Waals surface area contributed by atoms with Crippen LogP contribution < -0.4 is 0 Å². The van der Waals surface area contributed by atoms with E-state index in [-0.39, 0.29) is 36.0 Å². The van der Waals surface area contributed by atoms with Gasteiger partial charge in [0.1, 0.15) is 23.9 Å². The molecule has 6 atom stereocenters. The van der Waals surface area contributed by atoms with Crippen LogP contribution in [0.2, 0.25) is 0 Å². The van der Waals surface area contributed by atoms with Crippen LogP contribution in [0.15, 0.2) is 22.8 Å². The van der Waals surface area contributed by atoms with Crippen LogP contribution in [0.25, 0.3) is 0 Å². The van der Waals surface area contributed by atoms with Gasteiger partial charge < -0.3 is 33.9 Å². The summed E-state index contributed by atoms with van der Waals surface area (Å²) in [4.78, 5) is 62.4. The normalized spacial score (nSPS) is 36.4. The molecule has 3 rings (SSSR count). The topological polar surface area (TPSA) is 172 Å². The van der Waals surface area contributed by atoms with Crippen molar-refractivity contribution in [2.45, 2.75) is 102 Å². The molecule has 3 aliphatic rings. The van der Waals surface area contributed by atoms with Gasteiger partial charge in [-0.05, 0) is 40.5 Å². The van der Waals surface area contributed by atoms with Gasteiger partial charge in [0.2, 0.25) is 5.60 Å². The molecule has 1 aliphatic heterocycles. The van der Waals surface area contributed by atoms with Crippen molar-refractivity contribution in [3.63, 3.8) is 0 Å². The molecule has 0 radical (unpaired) electrons. The Bertz CT molecular complexity index is 1130. The highest BCUT2D eigenvalue weighted by Crippen LogP contribution is 2.63. The highest BCUT2D eigenvalue weighted by Gasteiger charge is 2.81. The van der Waals surface area contributed by atoms with Gasteiger partial charge in [0, 0.05) is 38.3 Å². The maximum atomic E-state index is 13.4. The van der Waals surface area contributed by atoms with Crippen molar-refractivity contribution in [2.24, 2.45) is 0 Å². The first-order chi connectivity index (χ1) is 17.5. The van der Waals surface area contributed by atoms with Crippen LogP contribution in [0.3, 0.4) is 0 Å². The molecular weight excluding hydrogens is 504 g/mol. The van der Waals surface area contributed by atoms with E-state index in [9.17, 15) is 34.2 Å². The zero-order chi connectivity index (χ0) is 28.8. The number of hydrogen-bond acceptors (Lipinski definition) is 12. The first-order valence-corrected chi connectivity index (χ1v) is 12.2. The molecule has 0 aromatic heterocycles. The summed E-state index contributed by atoms with van der Waals surface area (Å²) in [6.07, 6.45) is -2.34. The lowest BCUT2D eigenvalue weighted by molar-refractivity contribution is -0.324. The second kappa shape index (κ2) is 9.81. The van der Waals surface area contributed by atoms with E-state index in [1.807, 2.05) is 0 Å². The van der Waals surface area contributed by atoms with Crippen molar-refractivity contribution in [1.29, 1.82) is 0 Å². The minimum Gasteiger partial charge on any atom is -0.461 e. The predicted molar refractivity (Wildman–Crippen MR) is 127 cm³/mol. The zero-order valence-electron chi connectivity index (χ0n) is 22.5. The van der Waals surface area contributed by atoms with Gasteiger partial charge in [-0.2, -0.15) is 0 Å². The summed E-state index contributed by atoms with van der Waals surface area (Å²) in [5, 5.41) is 23.8. The van der Waals surface area contributed by atoms with Gasteiger partial charge in [-0.25, -0.2) is 9.59 Å². The predicted octanol–water partition coefficient (Wildman–Crippen LogP) is 0.953. The lowest BCUT2D eigenvalue weighted by atomic mass is 9.51. The number of hydrogen-bond donors (Lipinski definition) is 2. The first-order valence-electron chi connectivity index (χ1n) is 12.2. The number of aliphatic hydroxyl groups is 2. The summed E-state index contributed by atoms with van der Waals surface area (Å²) in [7, 11) is 0. The molecular formula is C26H34O12. The lowest BCUT2D eigenvalue weighted by Gasteiger charge is -2.63. The molecule has 210 valence electrons. The molecule has 0 amide bonds. The smallest absolute Gasteiger partial charge is 0.338 e. The molecule has 0 aromatic carbocycles. The molecule has 2 aliphatic carbocycles. The Morgan fingerprint density at radius 2 is 1.63 bits per heavy atom. The molecule has 12 heteroatoms. The van der Waals surface area contributed by atoms with Crippen LogP contribution in [0.1, 0.15) is 67.7 Å². The number of esters is 5. The van der Waals surface area contributed by atoms with E-state index >= 15 is 0 Å². The molecule has 0 bridgehead atoms. The van der Waals surface area contributed by atoms with E-state index in [0.29, 0.717) is 0 Å². The standard InChI is InChI=1S/C26H34O12/c1-8-13(2)20(30)36-18-11-24(7,37-16(5)29)25(33)10-9-23(6,32)22(35-15(4)28)26(25)19(18)17(21(31)38-26)12-34-14(3)27/h8,18,22,32-33H,9-12H2,1-7H3/b13-8+/t18-,22-,23+,24+,25-,26-/m0/s1. The van der Waals surface area contributed by atoms with E-state index < -0.39 is 71.1 Å². The summed E-state index contributed by atoms with van der Waals surface area (Å²) in [6.45, 7) is 8.54. The SMILES string of the molecule is C/C=C(\C)C(=O)O[C@H]1C[C@@](C)(OC(C)=O)[C@@]2(O)CC[C@@](C)(O)[C@H](OC(C)=O)[C@]23OC(=O)C(COC(C)=O)=C13. The van der Waals surface area contributed by atoms with Gasteiger partial charge in [-0.15, -0.1) is 0 Å². The second-order valence-corrected chi connectivity index (χ2v) is 10.4. The van der Waals surface area contributed by atoms with Crippen molar-refractivity contribution in [3.05, 3.63) is 22.8 Å². The minimum absolute atomic E-state index is 0.139. The third-order valence-electron chi connectivity index (χ3n) is 7.62. The summed E-state index contributed by atoms with van der Waals surface area (Å²) in [6, 6.07) is 0. The summed E-state index contributed by atoms with van der Waals surface area (Å²) in [5.74, 6) is -4.22. The average molecular weight is 539 g/mol. The fourth-order valence-electron chi connectivity index (χ4n) is 5.79. The van der Waals surface area contributed by atoms with Crippen LogP contribution in [0.4, 0.5) is 0 Å². The van der Waals surface area contributed by atoms with Gasteiger partial charge in [-0.3, -0.25) is 14.4 Å². The summed E-state index contributed by atoms with van der Waals surface area (Å²) < 4.78 is 27.8. The molecule has 0 unspecified atom stereocenters. The van der Waals surface area contributed by atoms with Crippen molar-refractivity contribution < 1.29 is 57.9 Å². The number of allylic oxidation sites excluding steroid dienone is 1. The number of carbonyl (C=O) groups is 5. The van der Waals surface area contributed by atoms with Crippen molar-refractivity contribution >= 4 is 29.8 Å². The Labute approximate surface area is 219 Å². The third kappa shape index (κ3) is 4.49. The zero-order valence-corrected chi connectivity index (χ0v) is 22.5. The van der Waals surface area contributed by atoms with E-state index in [2.05, 4.69) is 0 Å². The second-order valence-electron chi connectivity index (χ2n) is 10.4. The van der Waals surface area contributed by atoms with Gasteiger partial charge in [0.15, 0.2) is 11.7 Å². The maximum Gasteiger partial charge on any atom is 0.338 e. The average Bonchev–Trinajstić information content (AvgIpc) is 3.09. The third-order valence-corrected chi connectivity index (χ3v) is 7.62. The fourth-order valence-corrected chi connectivity index (χ4v) is 5.79. The molecule has 1 spiro atoms. The number of carbonyl (C=O) groups excluding carboxylic acids is 5. The largest absolute Gasteiger partial charge is 0.461 e. The Morgan fingerprint density at radius 1 is 1.00 bits per heavy atom. The first kappa shape index (κ1) is 29.3. The van der Waals surface area contributed by atoms with Crippen LogP contribution in [0, 0.1) is 0 Å². The van der Waals surface area contributed by atoms with Gasteiger partial charge in [0.05, 0.1) is 5.57 Å².